The van der Waals surface area contributed by atoms with Crippen LogP contribution in [-0.2, 0) is 4.79 Å². The molecule has 1 rings (SSSR count). The van der Waals surface area contributed by atoms with Crippen molar-refractivity contribution in [3.8, 4) is 0 Å². The number of aliphatic carboxylic acids is 1. The first kappa shape index (κ1) is 12.5. The van der Waals surface area contributed by atoms with Crippen LogP contribution in [-0.4, -0.2) is 34.9 Å². The van der Waals surface area contributed by atoms with Crippen LogP contribution >= 0.6 is 0 Å². The maximum absolute atomic E-state index is 10.8. The Morgan fingerprint density at radius 2 is 2.27 bits per heavy atom. The van der Waals surface area contributed by atoms with Gasteiger partial charge in [-0.2, -0.15) is 0 Å². The van der Waals surface area contributed by atoms with E-state index in [1.54, 1.807) is 0 Å². The first-order chi connectivity index (χ1) is 7.17. The molecular formula is C11H21NO3. The van der Waals surface area contributed by atoms with Crippen molar-refractivity contribution in [1.29, 1.82) is 0 Å². The largest absolute Gasteiger partial charge is 0.481 e. The van der Waals surface area contributed by atoms with E-state index in [4.69, 9.17) is 10.2 Å². The van der Waals surface area contributed by atoms with Crippen molar-refractivity contribution in [3.05, 3.63) is 0 Å². The lowest BCUT2D eigenvalue weighted by molar-refractivity contribution is -0.143. The maximum atomic E-state index is 10.8. The Kier molecular flexibility index (Phi) is 5.05. The lowest BCUT2D eigenvalue weighted by Crippen LogP contribution is -2.43. The van der Waals surface area contributed by atoms with E-state index in [1.165, 1.54) is 0 Å². The van der Waals surface area contributed by atoms with Crippen LogP contribution in [0.3, 0.4) is 0 Å². The van der Waals surface area contributed by atoms with E-state index in [2.05, 4.69) is 5.32 Å². The minimum absolute atomic E-state index is 0.113. The molecule has 0 amide bonds. The van der Waals surface area contributed by atoms with Crippen molar-refractivity contribution in [2.45, 2.75) is 51.1 Å². The number of aliphatic hydroxyl groups excluding tert-OH is 1. The van der Waals surface area contributed by atoms with Crippen LogP contribution in [0.1, 0.15) is 39.0 Å². The quantitative estimate of drug-likeness (QED) is 0.639. The lowest BCUT2D eigenvalue weighted by Gasteiger charge is -2.30. The highest BCUT2D eigenvalue weighted by molar-refractivity contribution is 5.70. The van der Waals surface area contributed by atoms with Crippen molar-refractivity contribution in [2.24, 2.45) is 5.92 Å². The van der Waals surface area contributed by atoms with Crippen molar-refractivity contribution >= 4 is 5.97 Å². The van der Waals surface area contributed by atoms with Gasteiger partial charge in [0.25, 0.3) is 0 Å². The molecule has 0 aliphatic heterocycles. The summed E-state index contributed by atoms with van der Waals surface area (Å²) in [5.74, 6) is -0.883. The van der Waals surface area contributed by atoms with Gasteiger partial charge in [0, 0.05) is 12.1 Å². The highest BCUT2D eigenvalue weighted by Gasteiger charge is 2.27. The third kappa shape index (κ3) is 3.80. The van der Waals surface area contributed by atoms with Crippen LogP contribution in [0.15, 0.2) is 0 Å². The number of hydrogen-bond acceptors (Lipinski definition) is 3. The van der Waals surface area contributed by atoms with E-state index in [0.29, 0.717) is 6.42 Å². The molecule has 0 aromatic heterocycles. The molecule has 15 heavy (non-hydrogen) atoms. The van der Waals surface area contributed by atoms with Gasteiger partial charge in [0.15, 0.2) is 0 Å². The maximum Gasteiger partial charge on any atom is 0.306 e. The Balaban J connectivity index is 2.38. The van der Waals surface area contributed by atoms with E-state index in [0.717, 1.165) is 25.7 Å². The van der Waals surface area contributed by atoms with Gasteiger partial charge < -0.3 is 15.5 Å². The van der Waals surface area contributed by atoms with Crippen LogP contribution < -0.4 is 5.32 Å². The SMILES string of the molecule is CCC(CO)NC1CCCC(C(=O)O)C1. The fourth-order valence-electron chi connectivity index (χ4n) is 2.20. The van der Waals surface area contributed by atoms with Crippen molar-refractivity contribution in [3.63, 3.8) is 0 Å². The summed E-state index contributed by atoms with van der Waals surface area (Å²) in [6, 6.07) is 0.375. The molecule has 3 N–H and O–H groups in total. The second-order valence-electron chi connectivity index (χ2n) is 4.35. The van der Waals surface area contributed by atoms with Gasteiger partial charge in [-0.05, 0) is 25.7 Å². The summed E-state index contributed by atoms with van der Waals surface area (Å²) in [4.78, 5) is 10.8. The van der Waals surface area contributed by atoms with E-state index in [1.807, 2.05) is 6.92 Å². The van der Waals surface area contributed by atoms with Crippen molar-refractivity contribution in [2.75, 3.05) is 6.61 Å². The summed E-state index contributed by atoms with van der Waals surface area (Å²) in [5, 5.41) is 21.3. The second kappa shape index (κ2) is 6.08. The highest BCUT2D eigenvalue weighted by atomic mass is 16.4. The molecule has 88 valence electrons. The summed E-state index contributed by atoms with van der Waals surface area (Å²) in [7, 11) is 0. The molecule has 4 nitrogen and oxygen atoms in total. The third-order valence-electron chi connectivity index (χ3n) is 3.21. The van der Waals surface area contributed by atoms with E-state index >= 15 is 0 Å². The molecule has 1 aliphatic rings. The number of rotatable bonds is 5. The number of carbonyl (C=O) groups is 1. The van der Waals surface area contributed by atoms with Gasteiger partial charge in [0.1, 0.15) is 0 Å². The molecule has 0 aromatic carbocycles. The lowest BCUT2D eigenvalue weighted by atomic mass is 9.85. The van der Waals surface area contributed by atoms with E-state index < -0.39 is 5.97 Å². The zero-order chi connectivity index (χ0) is 11.3. The summed E-state index contributed by atoms with van der Waals surface area (Å²) >= 11 is 0. The minimum atomic E-state index is -0.682. The molecule has 1 fully saturated rings. The predicted octanol–water partition coefficient (Wildman–Crippen LogP) is 0.990. The van der Waals surface area contributed by atoms with Gasteiger partial charge in [-0.3, -0.25) is 4.79 Å². The first-order valence-electron chi connectivity index (χ1n) is 5.77. The van der Waals surface area contributed by atoms with Crippen molar-refractivity contribution in [1.82, 2.24) is 5.32 Å². The monoisotopic (exact) mass is 215 g/mol. The van der Waals surface area contributed by atoms with E-state index in [-0.39, 0.29) is 24.6 Å². The van der Waals surface area contributed by atoms with Gasteiger partial charge in [-0.15, -0.1) is 0 Å². The Bertz CT molecular complexity index is 204. The molecule has 1 aliphatic carbocycles. The molecule has 3 unspecified atom stereocenters. The number of carboxylic acids is 1. The molecule has 1 saturated carbocycles. The second-order valence-corrected chi connectivity index (χ2v) is 4.35. The summed E-state index contributed by atoms with van der Waals surface area (Å²) in [5.41, 5.74) is 0. The number of hydrogen-bond donors (Lipinski definition) is 3. The normalized spacial score (nSPS) is 28.7. The van der Waals surface area contributed by atoms with Gasteiger partial charge in [0.2, 0.25) is 0 Å². The van der Waals surface area contributed by atoms with Crippen LogP contribution in [0.5, 0.6) is 0 Å². The molecule has 0 aromatic rings. The Morgan fingerprint density at radius 3 is 2.80 bits per heavy atom. The van der Waals surface area contributed by atoms with Gasteiger partial charge in [-0.25, -0.2) is 0 Å². The standard InChI is InChI=1S/C11H21NO3/c1-2-9(7-13)12-10-5-3-4-8(6-10)11(14)15/h8-10,12-13H,2-7H2,1H3,(H,14,15). The molecule has 0 saturated heterocycles. The molecule has 0 bridgehead atoms. The average molecular weight is 215 g/mol. The van der Waals surface area contributed by atoms with Gasteiger partial charge >= 0.3 is 5.97 Å². The highest BCUT2D eigenvalue weighted by Crippen LogP contribution is 2.24. The first-order valence-corrected chi connectivity index (χ1v) is 5.77. The Labute approximate surface area is 90.7 Å². The molecule has 0 spiro atoms. The molecule has 0 radical (unpaired) electrons. The molecule has 4 heteroatoms. The number of nitrogens with one attached hydrogen (secondary N) is 1. The molecule has 0 heterocycles. The van der Waals surface area contributed by atoms with Crippen LogP contribution in [0.4, 0.5) is 0 Å². The Morgan fingerprint density at radius 1 is 1.53 bits per heavy atom. The van der Waals surface area contributed by atoms with Crippen LogP contribution in [0, 0.1) is 5.92 Å². The average Bonchev–Trinajstić information content (AvgIpc) is 2.26. The van der Waals surface area contributed by atoms with Crippen molar-refractivity contribution < 1.29 is 15.0 Å². The molecule has 3 atom stereocenters. The summed E-state index contributed by atoms with van der Waals surface area (Å²) in [6.45, 7) is 2.15. The topological polar surface area (TPSA) is 69.6 Å². The zero-order valence-electron chi connectivity index (χ0n) is 9.28. The summed E-state index contributed by atoms with van der Waals surface area (Å²) in [6.07, 6.45) is 4.37. The van der Waals surface area contributed by atoms with Crippen LogP contribution in [0.25, 0.3) is 0 Å². The minimum Gasteiger partial charge on any atom is -0.481 e. The fraction of sp³-hybridized carbons (Fsp3) is 0.909. The fourth-order valence-corrected chi connectivity index (χ4v) is 2.20. The zero-order valence-corrected chi connectivity index (χ0v) is 9.28. The predicted molar refractivity (Wildman–Crippen MR) is 57.7 cm³/mol. The van der Waals surface area contributed by atoms with Gasteiger partial charge in [-0.1, -0.05) is 13.3 Å². The third-order valence-corrected chi connectivity index (χ3v) is 3.21. The molecular weight excluding hydrogens is 194 g/mol. The smallest absolute Gasteiger partial charge is 0.306 e. The van der Waals surface area contributed by atoms with Gasteiger partial charge in [0.05, 0.1) is 12.5 Å². The number of carboxylic acid groups (broad SMARTS) is 1. The van der Waals surface area contributed by atoms with Crippen LogP contribution in [0.2, 0.25) is 0 Å². The number of aliphatic hydroxyl groups is 1. The Hall–Kier alpha value is -0.610. The van der Waals surface area contributed by atoms with E-state index in [9.17, 15) is 4.79 Å². The summed E-state index contributed by atoms with van der Waals surface area (Å²) < 4.78 is 0.